The summed E-state index contributed by atoms with van der Waals surface area (Å²) in [6, 6.07) is 13.7. The molecule has 0 atom stereocenters. The summed E-state index contributed by atoms with van der Waals surface area (Å²) in [6.07, 6.45) is 1.90. The van der Waals surface area contributed by atoms with E-state index >= 15 is 0 Å². The highest BCUT2D eigenvalue weighted by molar-refractivity contribution is 7.80. The van der Waals surface area contributed by atoms with E-state index in [9.17, 15) is 0 Å². The molecule has 0 radical (unpaired) electrons. The molecule has 4 aromatic rings. The van der Waals surface area contributed by atoms with Gasteiger partial charge in [-0.3, -0.25) is 0 Å². The zero-order valence-electron chi connectivity index (χ0n) is 10.4. The van der Waals surface area contributed by atoms with Gasteiger partial charge in [-0.2, -0.15) is 8.75 Å². The van der Waals surface area contributed by atoms with Gasteiger partial charge in [0.1, 0.15) is 11.0 Å². The topological polar surface area (TPSA) is 67.6 Å². The highest BCUT2D eigenvalue weighted by Crippen LogP contribution is 2.20. The number of rotatable bonds is 0. The second-order valence-electron chi connectivity index (χ2n) is 4.20. The smallest absolute Gasteiger partial charge is 0.127 e. The molecule has 0 saturated carbocycles. The van der Waals surface area contributed by atoms with Crippen LogP contribution in [0.3, 0.4) is 0 Å². The Morgan fingerprint density at radius 2 is 1.90 bits per heavy atom. The number of hydrogen-bond donors (Lipinski definition) is 3. The lowest BCUT2D eigenvalue weighted by Gasteiger charge is -1.89. The third kappa shape index (κ3) is 2.48. The van der Waals surface area contributed by atoms with Crippen molar-refractivity contribution in [1.82, 2.24) is 13.7 Å². The van der Waals surface area contributed by atoms with E-state index in [-0.39, 0.29) is 0 Å². The zero-order valence-corrected chi connectivity index (χ0v) is 12.2. The van der Waals surface area contributed by atoms with E-state index in [2.05, 4.69) is 26.4 Å². The molecular formula is C14H12N4S2. The maximum Gasteiger partial charge on any atom is 0.127 e. The molecule has 0 aliphatic heterocycles. The molecule has 2 aromatic carbocycles. The molecule has 0 aliphatic carbocycles. The first-order valence-electron chi connectivity index (χ1n) is 5.97. The fourth-order valence-electron chi connectivity index (χ4n) is 1.88. The molecule has 3 N–H and O–H groups in total. The van der Waals surface area contributed by atoms with Gasteiger partial charge in [0.05, 0.1) is 17.4 Å². The van der Waals surface area contributed by atoms with Crippen molar-refractivity contribution in [3.8, 4) is 0 Å². The third-order valence-electron chi connectivity index (χ3n) is 2.88. The largest absolute Gasteiger partial charge is 0.397 e. The number of thiol groups is 1. The molecule has 4 rings (SSSR count). The molecule has 6 heteroatoms. The van der Waals surface area contributed by atoms with Crippen LogP contribution in [0.5, 0.6) is 0 Å². The quantitative estimate of drug-likeness (QED) is 0.342. The van der Waals surface area contributed by atoms with Gasteiger partial charge in [0.2, 0.25) is 0 Å². The molecule has 2 heterocycles. The van der Waals surface area contributed by atoms with Crippen LogP contribution in [-0.4, -0.2) is 13.7 Å². The molecule has 20 heavy (non-hydrogen) atoms. The standard InChI is InChI=1S/C8H7NS.C6H5N3S/c10-8-5-9-7-4-2-1-3-6(7)8;7-4-2-1-3-5-6(4)9-10-8-5/h1-5,9-10H;1-3H,7H2. The number of aromatic amines is 1. The van der Waals surface area contributed by atoms with Crippen molar-refractivity contribution < 1.29 is 0 Å². The van der Waals surface area contributed by atoms with Crippen molar-refractivity contribution in [3.05, 3.63) is 48.7 Å². The molecule has 0 bridgehead atoms. The number of nitrogen functional groups attached to an aromatic ring is 1. The van der Waals surface area contributed by atoms with E-state index in [0.717, 1.165) is 21.4 Å². The van der Waals surface area contributed by atoms with E-state index < -0.39 is 0 Å². The van der Waals surface area contributed by atoms with Crippen LogP contribution in [0.25, 0.3) is 21.9 Å². The first kappa shape index (κ1) is 13.0. The molecule has 4 nitrogen and oxygen atoms in total. The maximum absolute atomic E-state index is 5.60. The lowest BCUT2D eigenvalue weighted by molar-refractivity contribution is 1.42. The number of aromatic nitrogens is 3. The Labute approximate surface area is 125 Å². The number of benzene rings is 2. The lowest BCUT2D eigenvalue weighted by atomic mass is 10.2. The minimum absolute atomic E-state index is 0.700. The summed E-state index contributed by atoms with van der Waals surface area (Å²) in [5, 5.41) is 1.19. The maximum atomic E-state index is 5.60. The monoisotopic (exact) mass is 300 g/mol. The Kier molecular flexibility index (Phi) is 3.58. The second kappa shape index (κ2) is 5.52. The van der Waals surface area contributed by atoms with Crippen LogP contribution in [0.2, 0.25) is 0 Å². The van der Waals surface area contributed by atoms with E-state index in [0.29, 0.717) is 5.69 Å². The lowest BCUT2D eigenvalue weighted by Crippen LogP contribution is -1.84. The average molecular weight is 300 g/mol. The Bertz CT molecular complexity index is 844. The Morgan fingerprint density at radius 1 is 1.05 bits per heavy atom. The molecule has 100 valence electrons. The molecule has 0 aliphatic rings. The zero-order chi connectivity index (χ0) is 13.9. The van der Waals surface area contributed by atoms with E-state index in [1.165, 1.54) is 17.1 Å². The normalized spacial score (nSPS) is 10.4. The summed E-state index contributed by atoms with van der Waals surface area (Å²) in [7, 11) is 0. The summed E-state index contributed by atoms with van der Waals surface area (Å²) in [5.41, 5.74) is 9.14. The van der Waals surface area contributed by atoms with Crippen molar-refractivity contribution in [2.75, 3.05) is 5.73 Å². The minimum Gasteiger partial charge on any atom is -0.397 e. The van der Waals surface area contributed by atoms with Crippen molar-refractivity contribution >= 4 is 52.0 Å². The van der Waals surface area contributed by atoms with Crippen LogP contribution in [0, 0.1) is 0 Å². The molecular weight excluding hydrogens is 288 g/mol. The summed E-state index contributed by atoms with van der Waals surface area (Å²) in [6.45, 7) is 0. The number of nitrogens with one attached hydrogen (secondary N) is 1. The van der Waals surface area contributed by atoms with Crippen LogP contribution in [0.15, 0.2) is 53.6 Å². The number of nitrogens with zero attached hydrogens (tertiary/aromatic N) is 2. The van der Waals surface area contributed by atoms with Crippen LogP contribution in [0.4, 0.5) is 5.69 Å². The van der Waals surface area contributed by atoms with Gasteiger partial charge in [-0.05, 0) is 18.2 Å². The Morgan fingerprint density at radius 3 is 2.70 bits per heavy atom. The van der Waals surface area contributed by atoms with E-state index in [4.69, 9.17) is 5.73 Å². The van der Waals surface area contributed by atoms with Gasteiger partial charge in [-0.1, -0.05) is 24.3 Å². The molecule has 0 spiro atoms. The fraction of sp³-hybridized carbons (Fsp3) is 0. The SMILES string of the molecule is Nc1cccc2nsnc12.Sc1c[nH]c2ccccc12. The van der Waals surface area contributed by atoms with Gasteiger partial charge in [-0.15, -0.1) is 12.6 Å². The molecule has 0 fully saturated rings. The van der Waals surface area contributed by atoms with Crippen LogP contribution in [-0.2, 0) is 0 Å². The predicted octanol–water partition coefficient (Wildman–Crippen LogP) is 3.73. The average Bonchev–Trinajstić information content (AvgIpc) is 3.08. The van der Waals surface area contributed by atoms with Gasteiger partial charge in [0, 0.05) is 22.0 Å². The fourth-order valence-corrected chi connectivity index (χ4v) is 2.70. The van der Waals surface area contributed by atoms with E-state index in [1.807, 2.05) is 48.7 Å². The number of nitrogens with two attached hydrogens (primary N) is 1. The van der Waals surface area contributed by atoms with Crippen LogP contribution >= 0.6 is 24.4 Å². The Balaban J connectivity index is 0.000000121. The first-order chi connectivity index (χ1) is 9.75. The van der Waals surface area contributed by atoms with Gasteiger partial charge < -0.3 is 10.7 Å². The number of H-pyrrole nitrogens is 1. The third-order valence-corrected chi connectivity index (χ3v) is 3.80. The number of anilines is 1. The summed E-state index contributed by atoms with van der Waals surface area (Å²) >= 11 is 5.46. The predicted molar refractivity (Wildman–Crippen MR) is 87.4 cm³/mol. The highest BCUT2D eigenvalue weighted by atomic mass is 32.1. The van der Waals surface area contributed by atoms with Crippen molar-refractivity contribution in [2.45, 2.75) is 4.90 Å². The van der Waals surface area contributed by atoms with Gasteiger partial charge in [0.15, 0.2) is 0 Å². The van der Waals surface area contributed by atoms with Gasteiger partial charge in [-0.25, -0.2) is 0 Å². The van der Waals surface area contributed by atoms with Crippen molar-refractivity contribution in [3.63, 3.8) is 0 Å². The molecule has 0 unspecified atom stereocenters. The first-order valence-corrected chi connectivity index (χ1v) is 7.15. The number of fused-ring (bicyclic) bond motifs is 2. The Hall–Kier alpha value is -2.05. The highest BCUT2D eigenvalue weighted by Gasteiger charge is 1.98. The summed E-state index contributed by atoms with van der Waals surface area (Å²) in [4.78, 5) is 4.12. The molecule has 2 aromatic heterocycles. The minimum atomic E-state index is 0.700. The summed E-state index contributed by atoms with van der Waals surface area (Å²) < 4.78 is 8.05. The van der Waals surface area contributed by atoms with Gasteiger partial charge >= 0.3 is 0 Å². The summed E-state index contributed by atoms with van der Waals surface area (Å²) in [5.74, 6) is 0. The van der Waals surface area contributed by atoms with Crippen molar-refractivity contribution in [1.29, 1.82) is 0 Å². The van der Waals surface area contributed by atoms with Crippen molar-refractivity contribution in [2.24, 2.45) is 0 Å². The molecule has 0 amide bonds. The van der Waals surface area contributed by atoms with Gasteiger partial charge in [0.25, 0.3) is 0 Å². The molecule has 0 saturated heterocycles. The number of para-hydroxylation sites is 1. The van der Waals surface area contributed by atoms with Crippen LogP contribution < -0.4 is 5.73 Å². The number of hydrogen-bond acceptors (Lipinski definition) is 5. The second-order valence-corrected chi connectivity index (χ2v) is 5.21. The van der Waals surface area contributed by atoms with Crippen LogP contribution in [0.1, 0.15) is 0 Å². The van der Waals surface area contributed by atoms with E-state index in [1.54, 1.807) is 0 Å².